The van der Waals surface area contributed by atoms with E-state index < -0.39 is 5.82 Å². The van der Waals surface area contributed by atoms with Crippen molar-refractivity contribution in [3.63, 3.8) is 0 Å². The molecule has 0 aliphatic heterocycles. The number of thiazole rings is 1. The van der Waals surface area contributed by atoms with Crippen molar-refractivity contribution in [2.75, 3.05) is 0 Å². The number of hydrogen-bond donors (Lipinski definition) is 2. The number of carbonyl (C=O) groups is 1. The number of aromatic nitrogens is 3. The first-order valence-electron chi connectivity index (χ1n) is 7.05. The highest BCUT2D eigenvalue weighted by Gasteiger charge is 2.12. The summed E-state index contributed by atoms with van der Waals surface area (Å²) in [6.07, 6.45) is 4.70. The van der Waals surface area contributed by atoms with Crippen LogP contribution in [0.1, 0.15) is 21.6 Å². The quantitative estimate of drug-likeness (QED) is 0.740. The summed E-state index contributed by atoms with van der Waals surface area (Å²) in [6.45, 7) is -0.175. The first-order valence-corrected chi connectivity index (χ1v) is 7.93. The molecule has 0 spiro atoms. The van der Waals surface area contributed by atoms with Gasteiger partial charge in [0.2, 0.25) is 0 Å². The summed E-state index contributed by atoms with van der Waals surface area (Å²) in [5, 5.41) is 14.0. The van der Waals surface area contributed by atoms with Gasteiger partial charge in [-0.2, -0.15) is 0 Å². The molecule has 2 aromatic heterocycles. The zero-order chi connectivity index (χ0) is 16.9. The highest BCUT2D eigenvalue weighted by Crippen LogP contribution is 2.20. The largest absolute Gasteiger partial charge is 0.392 e. The third kappa shape index (κ3) is 3.61. The van der Waals surface area contributed by atoms with Crippen LogP contribution >= 0.6 is 11.3 Å². The maximum atomic E-state index is 13.3. The van der Waals surface area contributed by atoms with Gasteiger partial charge in [-0.15, -0.1) is 11.3 Å². The minimum absolute atomic E-state index is 0.195. The molecule has 24 heavy (non-hydrogen) atoms. The molecule has 0 aliphatic carbocycles. The van der Waals surface area contributed by atoms with Gasteiger partial charge in [-0.05, 0) is 17.7 Å². The van der Waals surface area contributed by atoms with Crippen molar-refractivity contribution in [2.45, 2.75) is 13.2 Å². The number of carbonyl (C=O) groups excluding carboxylic acids is 1. The number of amides is 1. The lowest BCUT2D eigenvalue weighted by atomic mass is 10.1. The fourth-order valence-corrected chi connectivity index (χ4v) is 2.80. The average molecular weight is 344 g/mol. The molecule has 0 fully saturated rings. The van der Waals surface area contributed by atoms with Crippen LogP contribution in [0.5, 0.6) is 0 Å². The zero-order valence-corrected chi connectivity index (χ0v) is 13.3. The minimum atomic E-state index is -0.472. The van der Waals surface area contributed by atoms with Gasteiger partial charge in [-0.3, -0.25) is 14.8 Å². The van der Waals surface area contributed by atoms with Crippen LogP contribution in [-0.4, -0.2) is 26.0 Å². The van der Waals surface area contributed by atoms with Crippen LogP contribution in [0.15, 0.2) is 42.2 Å². The van der Waals surface area contributed by atoms with Crippen LogP contribution in [0.25, 0.3) is 10.7 Å². The molecule has 6 nitrogen and oxygen atoms in total. The Morgan fingerprint density at radius 2 is 2.21 bits per heavy atom. The van der Waals surface area contributed by atoms with Crippen LogP contribution < -0.4 is 5.32 Å². The smallest absolute Gasteiger partial charge is 0.271 e. The number of hydrogen-bond acceptors (Lipinski definition) is 6. The summed E-state index contributed by atoms with van der Waals surface area (Å²) in [5.41, 5.74) is 1.77. The Balaban J connectivity index is 1.67. The molecule has 8 heteroatoms. The fraction of sp³-hybridized carbons (Fsp3) is 0.125. The zero-order valence-electron chi connectivity index (χ0n) is 12.4. The summed E-state index contributed by atoms with van der Waals surface area (Å²) in [5.74, 6) is -0.808. The normalized spacial score (nSPS) is 10.6. The number of benzene rings is 1. The molecule has 0 bridgehead atoms. The molecule has 2 heterocycles. The number of aliphatic hydroxyl groups is 1. The molecule has 0 unspecified atom stereocenters. The molecule has 122 valence electrons. The molecule has 3 aromatic rings. The lowest BCUT2D eigenvalue weighted by Gasteiger charge is -2.06. The summed E-state index contributed by atoms with van der Waals surface area (Å²) in [4.78, 5) is 24.5. The molecule has 0 saturated carbocycles. The Morgan fingerprint density at radius 1 is 1.33 bits per heavy atom. The predicted molar refractivity (Wildman–Crippen MR) is 86.6 cm³/mol. The van der Waals surface area contributed by atoms with E-state index >= 15 is 0 Å². The lowest BCUT2D eigenvalue weighted by Crippen LogP contribution is -2.23. The minimum Gasteiger partial charge on any atom is -0.392 e. The topological polar surface area (TPSA) is 88.0 Å². The van der Waals surface area contributed by atoms with Gasteiger partial charge in [0.25, 0.3) is 5.91 Å². The molecular weight excluding hydrogens is 331 g/mol. The van der Waals surface area contributed by atoms with Crippen molar-refractivity contribution >= 4 is 17.2 Å². The van der Waals surface area contributed by atoms with Gasteiger partial charge in [0.05, 0.1) is 12.8 Å². The Labute approximate surface area is 141 Å². The summed E-state index contributed by atoms with van der Waals surface area (Å²) < 4.78 is 13.3. The third-order valence-electron chi connectivity index (χ3n) is 3.25. The van der Waals surface area contributed by atoms with Crippen molar-refractivity contribution in [1.82, 2.24) is 20.3 Å². The summed E-state index contributed by atoms with van der Waals surface area (Å²) >= 11 is 1.30. The van der Waals surface area contributed by atoms with Crippen LogP contribution in [0.2, 0.25) is 0 Å². The molecule has 1 amide bonds. The third-order valence-corrected chi connectivity index (χ3v) is 4.12. The first-order chi connectivity index (χ1) is 11.7. The SMILES string of the molecule is O=C(NCc1ccc(F)c(CO)c1)c1csc(-c2cnccn2)n1. The van der Waals surface area contributed by atoms with Gasteiger partial charge in [0.1, 0.15) is 22.2 Å². The fourth-order valence-electron chi connectivity index (χ4n) is 2.04. The number of nitrogens with zero attached hydrogens (tertiary/aromatic N) is 3. The van der Waals surface area contributed by atoms with Gasteiger partial charge in [0, 0.05) is 29.9 Å². The monoisotopic (exact) mass is 344 g/mol. The lowest BCUT2D eigenvalue weighted by molar-refractivity contribution is 0.0946. The summed E-state index contributed by atoms with van der Waals surface area (Å²) in [7, 11) is 0. The molecule has 2 N–H and O–H groups in total. The Morgan fingerprint density at radius 3 is 2.96 bits per heavy atom. The highest BCUT2D eigenvalue weighted by atomic mass is 32.1. The van der Waals surface area contributed by atoms with Crippen molar-refractivity contribution in [3.05, 3.63) is 64.8 Å². The second-order valence-electron chi connectivity index (χ2n) is 4.90. The molecule has 0 atom stereocenters. The van der Waals surface area contributed by atoms with Gasteiger partial charge in [-0.1, -0.05) is 6.07 Å². The Hall–Kier alpha value is -2.71. The van der Waals surface area contributed by atoms with Crippen LogP contribution in [-0.2, 0) is 13.2 Å². The maximum Gasteiger partial charge on any atom is 0.271 e. The molecule has 1 aromatic carbocycles. The van der Waals surface area contributed by atoms with Crippen LogP contribution in [0, 0.1) is 5.82 Å². The maximum absolute atomic E-state index is 13.3. The van der Waals surface area contributed by atoms with E-state index in [0.29, 0.717) is 16.3 Å². The Bertz CT molecular complexity index is 854. The average Bonchev–Trinajstić information content (AvgIpc) is 3.12. The van der Waals surface area contributed by atoms with E-state index in [2.05, 4.69) is 20.3 Å². The highest BCUT2D eigenvalue weighted by molar-refractivity contribution is 7.13. The molecule has 0 radical (unpaired) electrons. The van der Waals surface area contributed by atoms with Gasteiger partial charge < -0.3 is 10.4 Å². The van der Waals surface area contributed by atoms with Gasteiger partial charge in [0.15, 0.2) is 0 Å². The van der Waals surface area contributed by atoms with Crippen molar-refractivity contribution < 1.29 is 14.3 Å². The van der Waals surface area contributed by atoms with Crippen molar-refractivity contribution in [2.24, 2.45) is 0 Å². The van der Waals surface area contributed by atoms with E-state index in [0.717, 1.165) is 0 Å². The van der Waals surface area contributed by atoms with E-state index in [1.807, 2.05) is 0 Å². The number of nitrogens with one attached hydrogen (secondary N) is 1. The van der Waals surface area contributed by atoms with E-state index in [1.165, 1.54) is 23.5 Å². The van der Waals surface area contributed by atoms with Crippen molar-refractivity contribution in [3.8, 4) is 10.7 Å². The van der Waals surface area contributed by atoms with Crippen molar-refractivity contribution in [1.29, 1.82) is 0 Å². The van der Waals surface area contributed by atoms with E-state index in [4.69, 9.17) is 5.11 Å². The van der Waals surface area contributed by atoms with Crippen LogP contribution in [0.4, 0.5) is 4.39 Å². The molecule has 0 aliphatic rings. The van der Waals surface area contributed by atoms with E-state index in [9.17, 15) is 9.18 Å². The standard InChI is InChI=1S/C16H13FN4O2S/c17-12-2-1-10(5-11(12)8-22)6-20-15(23)14-9-24-16(21-14)13-7-18-3-4-19-13/h1-5,7,9,22H,6,8H2,(H,20,23). The number of halogens is 1. The van der Waals surface area contributed by atoms with Crippen LogP contribution in [0.3, 0.4) is 0 Å². The van der Waals surface area contributed by atoms with E-state index in [-0.39, 0.29) is 30.3 Å². The molecule has 3 rings (SSSR count). The van der Waals surface area contributed by atoms with Gasteiger partial charge in [-0.25, -0.2) is 9.37 Å². The predicted octanol–water partition coefficient (Wildman–Crippen LogP) is 2.16. The van der Waals surface area contributed by atoms with Gasteiger partial charge >= 0.3 is 0 Å². The number of rotatable bonds is 5. The second-order valence-corrected chi connectivity index (χ2v) is 5.75. The first kappa shape index (κ1) is 16.2. The molecular formula is C16H13FN4O2S. The summed E-state index contributed by atoms with van der Waals surface area (Å²) in [6, 6.07) is 4.34. The molecule has 0 saturated heterocycles. The Kier molecular flexibility index (Phi) is 4.88. The van der Waals surface area contributed by atoms with E-state index in [1.54, 1.807) is 30.0 Å². The second kappa shape index (κ2) is 7.24. The number of aliphatic hydroxyl groups excluding tert-OH is 1.